The van der Waals surface area contributed by atoms with Crippen LogP contribution in [0.15, 0.2) is 37.2 Å². The minimum atomic E-state index is -5.52. The van der Waals surface area contributed by atoms with E-state index in [1.54, 1.807) is 0 Å². The second kappa shape index (κ2) is 13.8. The number of nitrogens with two attached hydrogens (primary N) is 2. The Morgan fingerprint density at radius 2 is 1.60 bits per heavy atom. The lowest BCUT2D eigenvalue weighted by molar-refractivity contribution is -0.765. The topological polar surface area (TPSA) is 365 Å². The molecule has 0 aliphatic carbocycles. The Labute approximate surface area is 267 Å². The molecule has 5 heterocycles. The van der Waals surface area contributed by atoms with Gasteiger partial charge in [0.1, 0.15) is 47.9 Å². The summed E-state index contributed by atoms with van der Waals surface area (Å²) in [6, 6.07) is 2.79. The molecule has 27 heteroatoms. The molecular weight excluding hydrogens is 715 g/mol. The van der Waals surface area contributed by atoms with E-state index in [1.165, 1.54) is 29.1 Å². The van der Waals surface area contributed by atoms with Crippen molar-refractivity contribution < 1.29 is 85.3 Å². The fraction of sp³-hybridized carbons (Fsp3) is 0.476. The lowest BCUT2D eigenvalue weighted by Gasteiger charge is -2.22. The predicted octanol–water partition coefficient (Wildman–Crippen LogP) is -2.90. The van der Waals surface area contributed by atoms with Gasteiger partial charge < -0.3 is 55.8 Å². The standard InChI is InChI=1S/C21H28N7O17P3/c22-17-12-19(25-7-24-17)28(8-26-12)21-16(44-46(33,34)35)14(30)11(43-21)6-41-48(38,39)45-47(36,37)40-5-10-13(29)15(31)20(42-10)27-3-1-2-9(4-27)18(23)32/h1-4,7-8,10-11,13-16,20-21,29-31H,5-6H2,(H7-,22,23,24,25,32,33,34,35,36,37,38,39)/p+1/t10-,11+,13+,14-,15+,16-,20-,21+/m1/s1. The summed E-state index contributed by atoms with van der Waals surface area (Å²) in [6.07, 6.45) is -8.39. The number of nitrogens with zero attached hydrogens (tertiary/aromatic N) is 5. The number of carbonyl (C=O) groups excluding carboxylic acids is 1. The zero-order valence-electron chi connectivity index (χ0n) is 23.9. The van der Waals surface area contributed by atoms with E-state index in [-0.39, 0.29) is 22.5 Å². The molecule has 2 fully saturated rings. The van der Waals surface area contributed by atoms with Gasteiger partial charge in [-0.05, 0) is 6.07 Å². The number of phosphoric acid groups is 3. The van der Waals surface area contributed by atoms with Crippen molar-refractivity contribution >= 4 is 46.4 Å². The van der Waals surface area contributed by atoms with Crippen molar-refractivity contribution in [3.63, 3.8) is 0 Å². The van der Waals surface area contributed by atoms with Crippen LogP contribution in [0.4, 0.5) is 5.82 Å². The fourth-order valence-electron chi connectivity index (χ4n) is 4.83. The number of nitrogen functional groups attached to an aromatic ring is 1. The second-order valence-electron chi connectivity index (χ2n) is 10.3. The monoisotopic (exact) mass is 744 g/mol. The van der Waals surface area contributed by atoms with Crippen LogP contribution in [0.2, 0.25) is 0 Å². The molecule has 2 unspecified atom stereocenters. The van der Waals surface area contributed by atoms with Gasteiger partial charge in [-0.15, -0.1) is 0 Å². The number of imidazole rings is 1. The fourth-order valence-corrected chi connectivity index (χ4v) is 7.47. The van der Waals surface area contributed by atoms with Crippen LogP contribution in [-0.2, 0) is 41.1 Å². The molecule has 24 nitrogen and oxygen atoms in total. The average Bonchev–Trinajstić information content (AvgIpc) is 3.64. The second-order valence-corrected chi connectivity index (χ2v) is 14.5. The zero-order valence-corrected chi connectivity index (χ0v) is 26.6. The van der Waals surface area contributed by atoms with E-state index in [1.807, 2.05) is 0 Å². The Morgan fingerprint density at radius 1 is 0.958 bits per heavy atom. The number of aromatic nitrogens is 5. The van der Waals surface area contributed by atoms with Gasteiger partial charge in [-0.1, -0.05) is 0 Å². The molecule has 1 amide bonds. The summed E-state index contributed by atoms with van der Waals surface area (Å²) in [5.41, 5.74) is 11.1. The number of anilines is 1. The zero-order chi connectivity index (χ0) is 35.2. The van der Waals surface area contributed by atoms with Crippen LogP contribution in [0.5, 0.6) is 0 Å². The molecule has 0 saturated carbocycles. The number of amides is 1. The lowest BCUT2D eigenvalue weighted by Crippen LogP contribution is -2.46. The first-order valence-corrected chi connectivity index (χ1v) is 17.9. The molecular formula is C21H29N7O17P3+. The number of phosphoric ester groups is 3. The summed E-state index contributed by atoms with van der Waals surface area (Å²) in [5.74, 6) is -0.848. The first-order valence-electron chi connectivity index (χ1n) is 13.3. The van der Waals surface area contributed by atoms with Crippen LogP contribution >= 0.6 is 23.5 Å². The molecule has 10 atom stereocenters. The smallest absolute Gasteiger partial charge is 0.387 e. The maximum atomic E-state index is 12.6. The number of hydrogen-bond acceptors (Lipinski definition) is 17. The van der Waals surface area contributed by atoms with Gasteiger partial charge >= 0.3 is 23.5 Å². The van der Waals surface area contributed by atoms with Crippen LogP contribution < -0.4 is 16.0 Å². The van der Waals surface area contributed by atoms with Crippen molar-refractivity contribution in [3.8, 4) is 0 Å². The SMILES string of the molecule is NC(=O)c1ccc[n+]([C@@H]2O[C@H](COP(=O)(O)OP(=O)(O)OC[C@@H]3O[C@H](n4cnc5c(N)ncnc54)[C@H](OP(=O)(O)O)[C@@H]3O)[C@H](O)[C@@H]2O)c1. The van der Waals surface area contributed by atoms with Gasteiger partial charge in [0, 0.05) is 6.07 Å². The third-order valence-corrected chi connectivity index (χ3v) is 10.1. The van der Waals surface area contributed by atoms with Gasteiger partial charge in [0.15, 0.2) is 36.2 Å². The summed E-state index contributed by atoms with van der Waals surface area (Å²) >= 11 is 0. The van der Waals surface area contributed by atoms with E-state index >= 15 is 0 Å². The molecule has 2 saturated heterocycles. The number of ether oxygens (including phenoxy) is 2. The van der Waals surface area contributed by atoms with E-state index in [0.717, 1.165) is 17.2 Å². The Balaban J connectivity index is 1.21. The molecule has 0 bridgehead atoms. The van der Waals surface area contributed by atoms with E-state index < -0.39 is 91.7 Å². The van der Waals surface area contributed by atoms with Crippen LogP contribution in [0.3, 0.4) is 0 Å². The quantitative estimate of drug-likeness (QED) is 0.0626. The highest BCUT2D eigenvalue weighted by Crippen LogP contribution is 2.61. The van der Waals surface area contributed by atoms with Crippen molar-refractivity contribution in [1.82, 2.24) is 19.5 Å². The number of rotatable bonds is 13. The van der Waals surface area contributed by atoms with Crippen LogP contribution in [0.25, 0.3) is 11.2 Å². The number of pyridine rings is 1. The van der Waals surface area contributed by atoms with Crippen molar-refractivity contribution in [2.24, 2.45) is 5.73 Å². The molecule has 0 spiro atoms. The number of carbonyl (C=O) groups is 1. The van der Waals surface area contributed by atoms with Crippen molar-refractivity contribution in [3.05, 3.63) is 42.7 Å². The molecule has 2 aliphatic heterocycles. The first kappa shape index (κ1) is 36.4. The van der Waals surface area contributed by atoms with E-state index in [0.29, 0.717) is 0 Å². The van der Waals surface area contributed by atoms with Crippen LogP contribution in [0.1, 0.15) is 22.8 Å². The normalized spacial score (nSPS) is 30.3. The molecule has 3 aromatic rings. The number of primary amides is 1. The number of hydrogen-bond donors (Lipinski definition) is 9. The maximum Gasteiger partial charge on any atom is 0.481 e. The van der Waals surface area contributed by atoms with Crippen LogP contribution in [0, 0.1) is 0 Å². The number of aliphatic hydroxyl groups excluding tert-OH is 3. The predicted molar refractivity (Wildman–Crippen MR) is 150 cm³/mol. The van der Waals surface area contributed by atoms with Gasteiger partial charge in [-0.3, -0.25) is 22.9 Å². The maximum absolute atomic E-state index is 12.6. The molecule has 5 rings (SSSR count). The summed E-state index contributed by atoms with van der Waals surface area (Å²) in [6.45, 7) is -2.03. The van der Waals surface area contributed by atoms with E-state index in [9.17, 15) is 53.4 Å². The summed E-state index contributed by atoms with van der Waals surface area (Å²) in [4.78, 5) is 62.2. The Hall–Kier alpha value is -2.86. The van der Waals surface area contributed by atoms with Crippen molar-refractivity contribution in [2.75, 3.05) is 18.9 Å². The highest BCUT2D eigenvalue weighted by molar-refractivity contribution is 7.61. The Kier molecular flexibility index (Phi) is 10.5. The molecule has 48 heavy (non-hydrogen) atoms. The molecule has 264 valence electrons. The average molecular weight is 744 g/mol. The highest BCUT2D eigenvalue weighted by atomic mass is 31.3. The minimum Gasteiger partial charge on any atom is -0.387 e. The number of aliphatic hydroxyl groups is 3. The third-order valence-electron chi connectivity index (χ3n) is 6.98. The first-order chi connectivity index (χ1) is 22.4. The largest absolute Gasteiger partial charge is 0.481 e. The molecule has 3 aromatic heterocycles. The minimum absolute atomic E-state index is 0.00286. The third kappa shape index (κ3) is 8.12. The summed E-state index contributed by atoms with van der Waals surface area (Å²) in [7, 11) is -16.3. The van der Waals surface area contributed by atoms with Gasteiger partial charge in [-0.2, -0.15) is 8.88 Å². The van der Waals surface area contributed by atoms with E-state index in [4.69, 9.17) is 30.0 Å². The van der Waals surface area contributed by atoms with E-state index in [2.05, 4.69) is 23.8 Å². The molecule has 0 aromatic carbocycles. The van der Waals surface area contributed by atoms with Crippen molar-refractivity contribution in [2.45, 2.75) is 49.1 Å². The molecule has 0 radical (unpaired) electrons. The molecule has 2 aliphatic rings. The molecule has 11 N–H and O–H groups in total. The Bertz CT molecular complexity index is 1810. The lowest BCUT2D eigenvalue weighted by atomic mass is 10.1. The van der Waals surface area contributed by atoms with Gasteiger partial charge in [0.2, 0.25) is 0 Å². The summed E-state index contributed by atoms with van der Waals surface area (Å²) in [5, 5.41) is 31.5. The summed E-state index contributed by atoms with van der Waals surface area (Å²) < 4.78 is 68.4. The van der Waals surface area contributed by atoms with Gasteiger partial charge in [-0.25, -0.2) is 28.6 Å². The van der Waals surface area contributed by atoms with Crippen molar-refractivity contribution in [1.29, 1.82) is 0 Å². The highest BCUT2D eigenvalue weighted by Gasteiger charge is 2.51. The van der Waals surface area contributed by atoms with Gasteiger partial charge in [0.05, 0.1) is 19.5 Å². The Morgan fingerprint density at radius 3 is 2.23 bits per heavy atom. The number of fused-ring (bicyclic) bond motifs is 1. The van der Waals surface area contributed by atoms with Gasteiger partial charge in [0.25, 0.3) is 12.1 Å². The van der Waals surface area contributed by atoms with Crippen LogP contribution in [-0.4, -0.2) is 110 Å².